The van der Waals surface area contributed by atoms with Crippen molar-refractivity contribution in [2.45, 2.75) is 0 Å². The van der Waals surface area contributed by atoms with E-state index in [-0.39, 0.29) is 5.88 Å². The molecule has 0 N–H and O–H groups in total. The number of rotatable bonds is 3. The lowest BCUT2D eigenvalue weighted by Gasteiger charge is -1.84. The first-order valence-corrected chi connectivity index (χ1v) is 4.17. The highest BCUT2D eigenvalue weighted by Crippen LogP contribution is 2.14. The van der Waals surface area contributed by atoms with Gasteiger partial charge in [-0.05, 0) is 18.2 Å². The lowest BCUT2D eigenvalue weighted by molar-refractivity contribution is -0.402. The second kappa shape index (κ2) is 3.77. The van der Waals surface area contributed by atoms with E-state index in [1.807, 2.05) is 0 Å². The molecule has 0 bridgehead atoms. The third-order valence-corrected chi connectivity index (χ3v) is 1.70. The lowest BCUT2D eigenvalue weighted by Crippen LogP contribution is -1.83. The van der Waals surface area contributed by atoms with Crippen molar-refractivity contribution in [1.29, 1.82) is 0 Å². The summed E-state index contributed by atoms with van der Waals surface area (Å²) in [5.74, 6) is 0.0548. The molecular weight excluding hydrogens is 196 g/mol. The Labute approximate surface area is 84.9 Å². The van der Waals surface area contributed by atoms with Crippen molar-refractivity contribution < 1.29 is 9.34 Å². The van der Waals surface area contributed by atoms with Crippen LogP contribution in [-0.2, 0) is 0 Å². The van der Waals surface area contributed by atoms with Crippen molar-refractivity contribution in [3.63, 3.8) is 0 Å². The highest BCUT2D eigenvalue weighted by Gasteiger charge is 2.10. The molecule has 1 aliphatic rings. The maximum absolute atomic E-state index is 10.3. The molecule has 5 nitrogen and oxygen atoms in total. The molecule has 0 spiro atoms. The van der Waals surface area contributed by atoms with Crippen LogP contribution in [-0.4, -0.2) is 11.1 Å². The number of hydrogen-bond acceptors (Lipinski definition) is 4. The minimum Gasteiger partial charge on any atom is -0.400 e. The van der Waals surface area contributed by atoms with Gasteiger partial charge in [-0.25, -0.2) is 4.99 Å². The van der Waals surface area contributed by atoms with E-state index in [0.717, 1.165) is 0 Å². The van der Waals surface area contributed by atoms with E-state index < -0.39 is 4.92 Å². The van der Waals surface area contributed by atoms with Crippen molar-refractivity contribution in [2.24, 2.45) is 4.99 Å². The summed E-state index contributed by atoms with van der Waals surface area (Å²) in [6.45, 7) is 0. The van der Waals surface area contributed by atoms with E-state index >= 15 is 0 Å². The summed E-state index contributed by atoms with van der Waals surface area (Å²) < 4.78 is 4.88. The first-order chi connectivity index (χ1) is 7.25. The molecule has 15 heavy (non-hydrogen) atoms. The van der Waals surface area contributed by atoms with Gasteiger partial charge in [-0.2, -0.15) is 0 Å². The highest BCUT2D eigenvalue weighted by atomic mass is 16.6. The molecule has 1 aromatic heterocycles. The van der Waals surface area contributed by atoms with Crippen LogP contribution in [0.4, 0.5) is 5.88 Å². The van der Waals surface area contributed by atoms with Gasteiger partial charge in [0.25, 0.3) is 0 Å². The molecule has 0 aromatic carbocycles. The van der Waals surface area contributed by atoms with E-state index in [0.29, 0.717) is 11.5 Å². The predicted molar refractivity (Wildman–Crippen MR) is 53.7 cm³/mol. The van der Waals surface area contributed by atoms with Gasteiger partial charge in [0.1, 0.15) is 10.6 Å². The summed E-state index contributed by atoms with van der Waals surface area (Å²) >= 11 is 0. The molecule has 1 heterocycles. The maximum atomic E-state index is 10.3. The fourth-order valence-electron chi connectivity index (χ4n) is 1.04. The van der Waals surface area contributed by atoms with Crippen LogP contribution in [0.15, 0.2) is 51.2 Å². The molecule has 1 aliphatic carbocycles. The van der Waals surface area contributed by atoms with E-state index in [2.05, 4.69) is 10.7 Å². The monoisotopic (exact) mass is 202 g/mol. The Morgan fingerprint density at radius 2 is 2.40 bits per heavy atom. The van der Waals surface area contributed by atoms with Crippen LogP contribution in [0.1, 0.15) is 5.76 Å². The van der Waals surface area contributed by atoms with Crippen LogP contribution in [0.2, 0.25) is 0 Å². The SMILES string of the molecule is O=[N+]([O-])c1ccc(C=NC2=C=CC=C2)o1. The molecule has 0 radical (unpaired) electrons. The number of hydrogen-bond donors (Lipinski definition) is 0. The smallest absolute Gasteiger partial charge is 0.400 e. The van der Waals surface area contributed by atoms with Crippen molar-refractivity contribution in [3.8, 4) is 0 Å². The quantitative estimate of drug-likeness (QED) is 0.326. The summed E-state index contributed by atoms with van der Waals surface area (Å²) in [4.78, 5) is 13.7. The first-order valence-electron chi connectivity index (χ1n) is 4.17. The second-order valence-electron chi connectivity index (χ2n) is 2.75. The van der Waals surface area contributed by atoms with Gasteiger partial charge in [0.05, 0.1) is 12.3 Å². The van der Waals surface area contributed by atoms with Gasteiger partial charge in [-0.3, -0.25) is 10.1 Å². The fraction of sp³-hybridized carbons (Fsp3) is 0. The molecule has 0 saturated carbocycles. The first kappa shape index (κ1) is 9.18. The van der Waals surface area contributed by atoms with Crippen molar-refractivity contribution in [1.82, 2.24) is 0 Å². The number of nitro groups is 1. The third-order valence-electron chi connectivity index (χ3n) is 1.70. The van der Waals surface area contributed by atoms with Crippen molar-refractivity contribution in [2.75, 3.05) is 0 Å². The van der Waals surface area contributed by atoms with Crippen LogP contribution >= 0.6 is 0 Å². The van der Waals surface area contributed by atoms with Crippen LogP contribution in [0.25, 0.3) is 0 Å². The number of nitrogens with zero attached hydrogens (tertiary/aromatic N) is 2. The molecule has 74 valence electrons. The Kier molecular flexibility index (Phi) is 2.31. The Morgan fingerprint density at radius 1 is 1.53 bits per heavy atom. The molecule has 0 fully saturated rings. The van der Waals surface area contributed by atoms with Crippen LogP contribution < -0.4 is 0 Å². The zero-order valence-electron chi connectivity index (χ0n) is 7.58. The third kappa shape index (κ3) is 2.10. The molecular formula is C10H6N2O3. The van der Waals surface area contributed by atoms with Gasteiger partial charge < -0.3 is 4.42 Å². The van der Waals surface area contributed by atoms with Crippen LogP contribution in [0, 0.1) is 10.1 Å². The normalized spacial score (nSPS) is 13.7. The average Bonchev–Trinajstić information content (AvgIpc) is 2.86. The standard InChI is InChI=1S/C10H6N2O3/c13-12(14)10-6-5-9(15-10)7-11-8-3-1-2-4-8/h1-3,5-7H. The van der Waals surface area contributed by atoms with E-state index in [1.54, 1.807) is 18.2 Å². The Balaban J connectivity index is 2.14. The minimum atomic E-state index is -0.591. The Bertz CT molecular complexity index is 517. The molecule has 2 rings (SSSR count). The zero-order valence-corrected chi connectivity index (χ0v) is 7.58. The minimum absolute atomic E-state index is 0.289. The van der Waals surface area contributed by atoms with Gasteiger partial charge in [-0.1, -0.05) is 11.8 Å². The van der Waals surface area contributed by atoms with E-state index in [1.165, 1.54) is 18.3 Å². The molecule has 0 amide bonds. The second-order valence-corrected chi connectivity index (χ2v) is 2.75. The van der Waals surface area contributed by atoms with Gasteiger partial charge in [-0.15, -0.1) is 0 Å². The van der Waals surface area contributed by atoms with E-state index in [9.17, 15) is 10.1 Å². The number of aliphatic imine (C=N–C) groups is 1. The van der Waals surface area contributed by atoms with Crippen LogP contribution in [0.5, 0.6) is 0 Å². The molecule has 0 aliphatic heterocycles. The topological polar surface area (TPSA) is 68.6 Å². The zero-order chi connectivity index (χ0) is 10.7. The van der Waals surface area contributed by atoms with E-state index in [4.69, 9.17) is 4.42 Å². The molecule has 0 atom stereocenters. The van der Waals surface area contributed by atoms with Gasteiger partial charge in [0.15, 0.2) is 5.76 Å². The highest BCUT2D eigenvalue weighted by molar-refractivity contribution is 5.77. The Morgan fingerprint density at radius 3 is 3.00 bits per heavy atom. The van der Waals surface area contributed by atoms with Gasteiger partial charge in [0, 0.05) is 0 Å². The predicted octanol–water partition coefficient (Wildman–Crippen LogP) is 2.22. The van der Waals surface area contributed by atoms with Crippen LogP contribution in [0.3, 0.4) is 0 Å². The largest absolute Gasteiger partial charge is 0.433 e. The maximum Gasteiger partial charge on any atom is 0.433 e. The molecule has 0 unspecified atom stereocenters. The summed E-state index contributed by atoms with van der Waals surface area (Å²) in [5.41, 5.74) is 3.52. The summed E-state index contributed by atoms with van der Waals surface area (Å²) in [6.07, 6.45) is 6.72. The van der Waals surface area contributed by atoms with Crippen molar-refractivity contribution >= 4 is 12.1 Å². The van der Waals surface area contributed by atoms with Gasteiger partial charge >= 0.3 is 5.88 Å². The fourth-order valence-corrected chi connectivity index (χ4v) is 1.04. The molecule has 1 aromatic rings. The van der Waals surface area contributed by atoms with Crippen molar-refractivity contribution in [3.05, 3.63) is 57.7 Å². The number of furan rings is 1. The summed E-state index contributed by atoms with van der Waals surface area (Å²) in [7, 11) is 0. The average molecular weight is 202 g/mol. The number of allylic oxidation sites excluding steroid dienone is 2. The lowest BCUT2D eigenvalue weighted by atomic mass is 10.4. The van der Waals surface area contributed by atoms with Gasteiger partial charge in [0.2, 0.25) is 0 Å². The molecule has 5 heteroatoms. The summed E-state index contributed by atoms with van der Waals surface area (Å²) in [5, 5.41) is 10.3. The molecule has 0 saturated heterocycles. The Hall–Kier alpha value is -2.39. The summed E-state index contributed by atoms with van der Waals surface area (Å²) in [6, 6.07) is 2.78.